The molecule has 14 heavy (non-hydrogen) atoms. The summed E-state index contributed by atoms with van der Waals surface area (Å²) < 4.78 is 5.14. The zero-order chi connectivity index (χ0) is 11.0. The van der Waals surface area contributed by atoms with Gasteiger partial charge in [0.1, 0.15) is 6.10 Å². The molecule has 0 bridgehead atoms. The van der Waals surface area contributed by atoms with Crippen molar-refractivity contribution in [2.24, 2.45) is 0 Å². The van der Waals surface area contributed by atoms with Gasteiger partial charge in [-0.1, -0.05) is 6.92 Å². The molecule has 0 saturated heterocycles. The van der Waals surface area contributed by atoms with Crippen LogP contribution in [0.15, 0.2) is 0 Å². The molecular weight excluding hydrogens is 225 g/mol. The van der Waals surface area contributed by atoms with Gasteiger partial charge in [-0.05, 0) is 13.3 Å². The van der Waals surface area contributed by atoms with E-state index in [2.05, 4.69) is 0 Å². The molecule has 0 aromatic carbocycles. The fourth-order valence-corrected chi connectivity index (χ4v) is 1.24. The molecule has 0 N–H and O–H groups in total. The fraction of sp³-hybridized carbons (Fsp3) is 0.889. The molecule has 0 heterocycles. The topological polar surface area (TPSA) is 29.5 Å². The molecule has 0 aromatic heterocycles. The number of rotatable bonds is 6. The first kappa shape index (κ1) is 13.8. The number of halogens is 2. The molecule has 1 atom stereocenters. The van der Waals surface area contributed by atoms with Crippen molar-refractivity contribution in [1.82, 2.24) is 4.90 Å². The van der Waals surface area contributed by atoms with E-state index in [0.717, 1.165) is 6.42 Å². The Bertz CT molecular complexity index is 161. The molecule has 0 aromatic rings. The molecule has 3 nitrogen and oxygen atoms in total. The molecule has 0 aliphatic heterocycles. The average Bonchev–Trinajstić information content (AvgIpc) is 2.17. The van der Waals surface area contributed by atoms with Crippen LogP contribution in [0.25, 0.3) is 0 Å². The highest BCUT2D eigenvalue weighted by Crippen LogP contribution is 2.02. The van der Waals surface area contributed by atoms with Crippen LogP contribution in [-0.2, 0) is 4.74 Å². The number of alkyl halides is 2. The number of carbonyl (C=O) groups excluding carboxylic acids is 1. The number of amides is 1. The Kier molecular flexibility index (Phi) is 8.09. The third-order valence-corrected chi connectivity index (χ3v) is 2.18. The first-order valence-electron chi connectivity index (χ1n) is 4.73. The number of hydrogen-bond donors (Lipinski definition) is 0. The Morgan fingerprint density at radius 2 is 1.86 bits per heavy atom. The molecule has 0 fully saturated rings. The van der Waals surface area contributed by atoms with Gasteiger partial charge >= 0.3 is 6.09 Å². The summed E-state index contributed by atoms with van der Waals surface area (Å²) in [6.07, 6.45) is 0.415. The van der Waals surface area contributed by atoms with E-state index in [1.807, 2.05) is 13.8 Å². The van der Waals surface area contributed by atoms with Crippen molar-refractivity contribution in [3.8, 4) is 0 Å². The highest BCUT2D eigenvalue weighted by molar-refractivity contribution is 6.18. The zero-order valence-corrected chi connectivity index (χ0v) is 10.1. The molecule has 0 aliphatic carbocycles. The van der Waals surface area contributed by atoms with E-state index in [4.69, 9.17) is 27.9 Å². The SMILES string of the molecule is CCC(C)OC(=O)N(CCCl)CCCl. The standard InChI is InChI=1S/C9H17Cl2NO2/c1-3-8(2)14-9(13)12(6-4-10)7-5-11/h8H,3-7H2,1-2H3. The number of ether oxygens (including phenoxy) is 1. The summed E-state index contributed by atoms with van der Waals surface area (Å²) in [6.45, 7) is 4.77. The Labute approximate surface area is 95.3 Å². The minimum absolute atomic E-state index is 0.0596. The van der Waals surface area contributed by atoms with Crippen LogP contribution in [0.2, 0.25) is 0 Å². The summed E-state index contributed by atoms with van der Waals surface area (Å²) in [5, 5.41) is 0. The van der Waals surface area contributed by atoms with Crippen LogP contribution in [-0.4, -0.2) is 41.9 Å². The van der Waals surface area contributed by atoms with Gasteiger partial charge in [-0.2, -0.15) is 0 Å². The van der Waals surface area contributed by atoms with Crippen LogP contribution in [0.1, 0.15) is 20.3 Å². The van der Waals surface area contributed by atoms with Crippen molar-refractivity contribution < 1.29 is 9.53 Å². The Balaban J connectivity index is 4.00. The number of nitrogens with zero attached hydrogens (tertiary/aromatic N) is 1. The fourth-order valence-electron chi connectivity index (χ4n) is 0.828. The third kappa shape index (κ3) is 5.55. The second kappa shape index (κ2) is 8.18. The van der Waals surface area contributed by atoms with Crippen LogP contribution in [0.5, 0.6) is 0 Å². The predicted octanol–water partition coefficient (Wildman–Crippen LogP) is 2.70. The van der Waals surface area contributed by atoms with Crippen molar-refractivity contribution >= 4 is 29.3 Å². The molecule has 0 aliphatic rings. The van der Waals surface area contributed by atoms with Gasteiger partial charge < -0.3 is 9.64 Å². The first-order chi connectivity index (χ1) is 6.65. The van der Waals surface area contributed by atoms with Crippen LogP contribution < -0.4 is 0 Å². The third-order valence-electron chi connectivity index (χ3n) is 1.84. The van der Waals surface area contributed by atoms with E-state index in [-0.39, 0.29) is 12.2 Å². The summed E-state index contributed by atoms with van der Waals surface area (Å²) >= 11 is 11.1. The normalized spacial score (nSPS) is 12.3. The molecule has 1 unspecified atom stereocenters. The average molecular weight is 242 g/mol. The van der Waals surface area contributed by atoms with Gasteiger partial charge in [0, 0.05) is 24.8 Å². The van der Waals surface area contributed by atoms with Gasteiger partial charge in [0.2, 0.25) is 0 Å². The highest BCUT2D eigenvalue weighted by atomic mass is 35.5. The second-order valence-electron chi connectivity index (χ2n) is 2.97. The van der Waals surface area contributed by atoms with Crippen LogP contribution in [0.3, 0.4) is 0 Å². The van der Waals surface area contributed by atoms with Gasteiger partial charge in [0.15, 0.2) is 0 Å². The maximum absolute atomic E-state index is 11.5. The maximum atomic E-state index is 11.5. The summed E-state index contributed by atoms with van der Waals surface area (Å²) in [6, 6.07) is 0. The Morgan fingerprint density at radius 3 is 2.21 bits per heavy atom. The molecule has 0 rings (SSSR count). The molecule has 1 amide bonds. The zero-order valence-electron chi connectivity index (χ0n) is 8.63. The molecule has 0 spiro atoms. The predicted molar refractivity (Wildman–Crippen MR) is 59.2 cm³/mol. The lowest BCUT2D eigenvalue weighted by molar-refractivity contribution is 0.0717. The minimum atomic E-state index is -0.333. The number of carbonyl (C=O) groups is 1. The van der Waals surface area contributed by atoms with Crippen LogP contribution in [0.4, 0.5) is 4.79 Å². The lowest BCUT2D eigenvalue weighted by atomic mass is 10.3. The Morgan fingerprint density at radius 1 is 1.36 bits per heavy atom. The highest BCUT2D eigenvalue weighted by Gasteiger charge is 2.15. The molecule has 0 radical (unpaired) electrons. The van der Waals surface area contributed by atoms with Gasteiger partial charge in [-0.15, -0.1) is 23.2 Å². The maximum Gasteiger partial charge on any atom is 0.410 e. The second-order valence-corrected chi connectivity index (χ2v) is 3.72. The van der Waals surface area contributed by atoms with Crippen molar-refractivity contribution in [2.75, 3.05) is 24.8 Å². The first-order valence-corrected chi connectivity index (χ1v) is 5.80. The van der Waals surface area contributed by atoms with Gasteiger partial charge in [0.05, 0.1) is 0 Å². The Hall–Kier alpha value is -0.150. The largest absolute Gasteiger partial charge is 0.446 e. The molecular formula is C9H17Cl2NO2. The van der Waals surface area contributed by atoms with E-state index in [1.165, 1.54) is 4.90 Å². The van der Waals surface area contributed by atoms with Gasteiger partial charge in [-0.3, -0.25) is 0 Å². The van der Waals surface area contributed by atoms with Crippen molar-refractivity contribution in [2.45, 2.75) is 26.4 Å². The summed E-state index contributed by atoms with van der Waals surface area (Å²) in [7, 11) is 0. The van der Waals surface area contributed by atoms with Gasteiger partial charge in [-0.25, -0.2) is 4.79 Å². The van der Waals surface area contributed by atoms with E-state index in [0.29, 0.717) is 24.8 Å². The summed E-state index contributed by atoms with van der Waals surface area (Å²) in [5.74, 6) is 0.791. The van der Waals surface area contributed by atoms with Crippen molar-refractivity contribution in [3.63, 3.8) is 0 Å². The molecule has 84 valence electrons. The van der Waals surface area contributed by atoms with Crippen LogP contribution in [0, 0.1) is 0 Å². The van der Waals surface area contributed by atoms with E-state index < -0.39 is 0 Å². The summed E-state index contributed by atoms with van der Waals surface area (Å²) in [4.78, 5) is 13.0. The lowest BCUT2D eigenvalue weighted by Gasteiger charge is -2.22. The van der Waals surface area contributed by atoms with E-state index >= 15 is 0 Å². The smallest absolute Gasteiger partial charge is 0.410 e. The van der Waals surface area contributed by atoms with E-state index in [9.17, 15) is 4.79 Å². The summed E-state index contributed by atoms with van der Waals surface area (Å²) in [5.41, 5.74) is 0. The number of hydrogen-bond acceptors (Lipinski definition) is 2. The quantitative estimate of drug-likeness (QED) is 0.670. The lowest BCUT2D eigenvalue weighted by Crippen LogP contribution is -2.36. The monoisotopic (exact) mass is 241 g/mol. The molecule has 5 heteroatoms. The van der Waals surface area contributed by atoms with E-state index in [1.54, 1.807) is 0 Å². The van der Waals surface area contributed by atoms with Crippen LogP contribution >= 0.6 is 23.2 Å². The van der Waals surface area contributed by atoms with Gasteiger partial charge in [0.25, 0.3) is 0 Å². The molecule has 0 saturated carbocycles. The van der Waals surface area contributed by atoms with Crippen molar-refractivity contribution in [1.29, 1.82) is 0 Å². The minimum Gasteiger partial charge on any atom is -0.446 e. The van der Waals surface area contributed by atoms with Crippen molar-refractivity contribution in [3.05, 3.63) is 0 Å².